The molecule has 0 aromatic carbocycles. The number of rotatable bonds is 12. The van der Waals surface area contributed by atoms with Gasteiger partial charge in [0.15, 0.2) is 0 Å². The smallest absolute Gasteiger partial charge is 0.333 e. The molecule has 0 spiro atoms. The number of esters is 1. The summed E-state index contributed by atoms with van der Waals surface area (Å²) in [5.74, 6) is -0.215. The number of hydrogen-bond acceptors (Lipinski definition) is 3. The Hall–Kier alpha value is -0.830. The first-order valence-electron chi connectivity index (χ1n) is 7.57. The highest BCUT2D eigenvalue weighted by Gasteiger charge is 2.07. The lowest BCUT2D eigenvalue weighted by Crippen LogP contribution is -2.14. The average Bonchev–Trinajstić information content (AvgIpc) is 2.36. The van der Waals surface area contributed by atoms with Crippen LogP contribution in [0.15, 0.2) is 12.2 Å². The molecule has 3 nitrogen and oxygen atoms in total. The van der Waals surface area contributed by atoms with Gasteiger partial charge in [-0.05, 0) is 39.9 Å². The monoisotopic (exact) mass is 269 g/mol. The Kier molecular flexibility index (Phi) is 11.7. The number of unbranched alkanes of at least 4 members (excludes halogenated alkanes) is 5. The lowest BCUT2D eigenvalue weighted by atomic mass is 10.1. The van der Waals surface area contributed by atoms with Gasteiger partial charge in [0.05, 0.1) is 6.61 Å². The van der Waals surface area contributed by atoms with Crippen LogP contribution in [0.2, 0.25) is 0 Å². The van der Waals surface area contributed by atoms with Crippen molar-refractivity contribution in [2.24, 2.45) is 0 Å². The van der Waals surface area contributed by atoms with Crippen LogP contribution in [0, 0.1) is 0 Å². The maximum Gasteiger partial charge on any atom is 0.333 e. The summed E-state index contributed by atoms with van der Waals surface area (Å²) in [7, 11) is 4.05. The summed E-state index contributed by atoms with van der Waals surface area (Å²) in [6, 6.07) is 0. The van der Waals surface area contributed by atoms with Gasteiger partial charge in [0, 0.05) is 5.57 Å². The van der Waals surface area contributed by atoms with Crippen molar-refractivity contribution in [3.8, 4) is 0 Å². The molecule has 19 heavy (non-hydrogen) atoms. The molecular formula is C16H31NO2. The van der Waals surface area contributed by atoms with Gasteiger partial charge in [0.25, 0.3) is 0 Å². The molecule has 0 amide bonds. The molecule has 0 aliphatic heterocycles. The molecule has 0 radical (unpaired) electrons. The fraction of sp³-hybridized carbons (Fsp3) is 0.812. The third kappa shape index (κ3) is 12.0. The molecule has 0 bridgehead atoms. The minimum atomic E-state index is -0.215. The molecule has 0 rings (SSSR count). The maximum absolute atomic E-state index is 11.6. The zero-order valence-corrected chi connectivity index (χ0v) is 13.0. The normalized spacial score (nSPS) is 10.7. The maximum atomic E-state index is 11.6. The first-order valence-corrected chi connectivity index (χ1v) is 7.57. The summed E-state index contributed by atoms with van der Waals surface area (Å²) >= 11 is 0. The Balaban J connectivity index is 3.44. The van der Waals surface area contributed by atoms with Crippen molar-refractivity contribution < 1.29 is 9.53 Å². The van der Waals surface area contributed by atoms with Gasteiger partial charge in [-0.2, -0.15) is 0 Å². The SMILES string of the molecule is C=C(CCCN(C)C)C(=O)OCCCCCCCC. The van der Waals surface area contributed by atoms with Crippen LogP contribution >= 0.6 is 0 Å². The molecule has 0 aromatic heterocycles. The highest BCUT2D eigenvalue weighted by molar-refractivity contribution is 5.87. The van der Waals surface area contributed by atoms with Crippen molar-refractivity contribution in [1.29, 1.82) is 0 Å². The van der Waals surface area contributed by atoms with Crippen molar-refractivity contribution >= 4 is 5.97 Å². The van der Waals surface area contributed by atoms with E-state index >= 15 is 0 Å². The van der Waals surface area contributed by atoms with E-state index in [2.05, 4.69) is 18.4 Å². The van der Waals surface area contributed by atoms with Gasteiger partial charge >= 0.3 is 5.97 Å². The Morgan fingerprint density at radius 2 is 1.68 bits per heavy atom. The van der Waals surface area contributed by atoms with E-state index in [1.807, 2.05) is 14.1 Å². The number of carbonyl (C=O) groups excluding carboxylic acids is 1. The second-order valence-electron chi connectivity index (χ2n) is 5.41. The molecule has 0 saturated heterocycles. The second-order valence-corrected chi connectivity index (χ2v) is 5.41. The highest BCUT2D eigenvalue weighted by atomic mass is 16.5. The van der Waals surface area contributed by atoms with Crippen LogP contribution in [0.3, 0.4) is 0 Å². The van der Waals surface area contributed by atoms with Crippen molar-refractivity contribution in [2.75, 3.05) is 27.2 Å². The minimum Gasteiger partial charge on any atom is -0.462 e. The van der Waals surface area contributed by atoms with Crippen LogP contribution in [0.1, 0.15) is 58.3 Å². The van der Waals surface area contributed by atoms with Crippen molar-refractivity contribution in [3.63, 3.8) is 0 Å². The van der Waals surface area contributed by atoms with E-state index in [9.17, 15) is 4.79 Å². The van der Waals surface area contributed by atoms with Crippen molar-refractivity contribution in [3.05, 3.63) is 12.2 Å². The molecule has 0 fully saturated rings. The van der Waals surface area contributed by atoms with Crippen molar-refractivity contribution in [1.82, 2.24) is 4.90 Å². The molecule has 0 atom stereocenters. The van der Waals surface area contributed by atoms with Crippen LogP contribution in [-0.4, -0.2) is 38.1 Å². The molecule has 112 valence electrons. The molecule has 0 saturated carbocycles. The fourth-order valence-electron chi connectivity index (χ4n) is 1.86. The first-order chi connectivity index (χ1) is 9.07. The summed E-state index contributed by atoms with van der Waals surface area (Å²) in [6.07, 6.45) is 8.92. The Labute approximate surface area is 119 Å². The number of nitrogens with zero attached hydrogens (tertiary/aromatic N) is 1. The summed E-state index contributed by atoms with van der Waals surface area (Å²) in [4.78, 5) is 13.7. The lowest BCUT2D eigenvalue weighted by Gasteiger charge is -2.10. The van der Waals surface area contributed by atoms with Crippen molar-refractivity contribution in [2.45, 2.75) is 58.3 Å². The summed E-state index contributed by atoms with van der Waals surface area (Å²) in [5, 5.41) is 0. The number of carbonyl (C=O) groups is 1. The Morgan fingerprint density at radius 3 is 2.32 bits per heavy atom. The van der Waals surface area contributed by atoms with Gasteiger partial charge in [-0.25, -0.2) is 4.79 Å². The van der Waals surface area contributed by atoms with Gasteiger partial charge < -0.3 is 9.64 Å². The van der Waals surface area contributed by atoms with Gasteiger partial charge in [-0.1, -0.05) is 45.6 Å². The molecule has 0 heterocycles. The van der Waals surface area contributed by atoms with E-state index in [0.29, 0.717) is 12.2 Å². The highest BCUT2D eigenvalue weighted by Crippen LogP contribution is 2.08. The van der Waals surface area contributed by atoms with Crippen LogP contribution in [0.5, 0.6) is 0 Å². The summed E-state index contributed by atoms with van der Waals surface area (Å²) in [5.41, 5.74) is 0.604. The van der Waals surface area contributed by atoms with Crippen LogP contribution in [0.4, 0.5) is 0 Å². The molecule has 0 aliphatic carbocycles. The molecular weight excluding hydrogens is 238 g/mol. The quantitative estimate of drug-likeness (QED) is 0.307. The van der Waals surface area contributed by atoms with Crippen LogP contribution < -0.4 is 0 Å². The predicted octanol–water partition coefficient (Wildman–Crippen LogP) is 3.79. The first kappa shape index (κ1) is 18.2. The van der Waals surface area contributed by atoms with E-state index < -0.39 is 0 Å². The molecule has 0 aliphatic rings. The fourth-order valence-corrected chi connectivity index (χ4v) is 1.86. The zero-order chi connectivity index (χ0) is 14.5. The Bertz CT molecular complexity index is 249. The minimum absolute atomic E-state index is 0.215. The third-order valence-electron chi connectivity index (χ3n) is 3.10. The Morgan fingerprint density at radius 1 is 1.05 bits per heavy atom. The number of ether oxygens (including phenoxy) is 1. The lowest BCUT2D eigenvalue weighted by molar-refractivity contribution is -0.139. The molecule has 0 unspecified atom stereocenters. The van der Waals surface area contributed by atoms with E-state index in [-0.39, 0.29) is 5.97 Å². The number of hydrogen-bond donors (Lipinski definition) is 0. The average molecular weight is 269 g/mol. The topological polar surface area (TPSA) is 29.5 Å². The van der Waals surface area contributed by atoms with E-state index in [4.69, 9.17) is 4.74 Å². The van der Waals surface area contributed by atoms with Crippen LogP contribution in [0.25, 0.3) is 0 Å². The van der Waals surface area contributed by atoms with Gasteiger partial charge in [-0.15, -0.1) is 0 Å². The van der Waals surface area contributed by atoms with E-state index in [0.717, 1.165) is 32.2 Å². The second kappa shape index (κ2) is 12.2. The van der Waals surface area contributed by atoms with E-state index in [1.165, 1.54) is 25.7 Å². The van der Waals surface area contributed by atoms with Gasteiger partial charge in [0.2, 0.25) is 0 Å². The molecule has 0 N–H and O–H groups in total. The standard InChI is InChI=1S/C16H31NO2/c1-5-6-7-8-9-10-14-19-16(18)15(2)12-11-13-17(3)4/h2,5-14H2,1,3-4H3. The molecule has 0 aromatic rings. The largest absolute Gasteiger partial charge is 0.462 e. The van der Waals surface area contributed by atoms with E-state index in [1.54, 1.807) is 0 Å². The summed E-state index contributed by atoms with van der Waals surface area (Å²) in [6.45, 7) is 7.53. The van der Waals surface area contributed by atoms with Gasteiger partial charge in [-0.3, -0.25) is 0 Å². The molecule has 3 heteroatoms. The zero-order valence-electron chi connectivity index (χ0n) is 13.0. The third-order valence-corrected chi connectivity index (χ3v) is 3.10. The summed E-state index contributed by atoms with van der Waals surface area (Å²) < 4.78 is 5.22. The van der Waals surface area contributed by atoms with Gasteiger partial charge in [0.1, 0.15) is 0 Å². The predicted molar refractivity (Wildman–Crippen MR) is 81.3 cm³/mol. The van der Waals surface area contributed by atoms with Crippen LogP contribution in [-0.2, 0) is 9.53 Å².